The molecular weight excluding hydrogens is 397 g/mol. The second-order valence-electron chi connectivity index (χ2n) is 8.89. The maximum atomic E-state index is 13.5. The summed E-state index contributed by atoms with van der Waals surface area (Å²) in [5, 5.41) is 4.31. The number of hydrogen-bond donors (Lipinski definition) is 0. The standard InChI is InChI=1S/C24H36FN3O3/c1-7-27(8-2)23-20(22(26-31-23)18-10-12-19(25)13-11-18)17-28(14-9-15-30-6)21(29)16-24(3,4)5/h10-13H,7-9,14-17H2,1-6H3. The third kappa shape index (κ3) is 7.06. The summed E-state index contributed by atoms with van der Waals surface area (Å²) in [6.45, 7) is 13.3. The molecule has 0 spiro atoms. The molecule has 0 aliphatic heterocycles. The zero-order chi connectivity index (χ0) is 23.0. The van der Waals surface area contributed by atoms with Gasteiger partial charge in [0.2, 0.25) is 11.8 Å². The van der Waals surface area contributed by atoms with E-state index >= 15 is 0 Å². The van der Waals surface area contributed by atoms with Crippen LogP contribution in [0.3, 0.4) is 0 Å². The first-order valence-corrected chi connectivity index (χ1v) is 11.0. The predicted octanol–water partition coefficient (Wildman–Crippen LogP) is 5.13. The Balaban J connectivity index is 2.45. The molecule has 0 unspecified atom stereocenters. The first-order valence-electron chi connectivity index (χ1n) is 11.0. The van der Waals surface area contributed by atoms with Gasteiger partial charge in [-0.05, 0) is 49.9 Å². The molecule has 0 fully saturated rings. The number of benzene rings is 1. The fraction of sp³-hybridized carbons (Fsp3) is 0.583. The molecule has 0 saturated heterocycles. The number of amides is 1. The maximum absolute atomic E-state index is 13.5. The highest BCUT2D eigenvalue weighted by Crippen LogP contribution is 2.33. The van der Waals surface area contributed by atoms with Gasteiger partial charge in [-0.3, -0.25) is 4.79 Å². The number of ether oxygens (including phenoxy) is 1. The van der Waals surface area contributed by atoms with Gasteiger partial charge in [0.1, 0.15) is 11.5 Å². The molecule has 0 N–H and O–H groups in total. The predicted molar refractivity (Wildman–Crippen MR) is 121 cm³/mol. The normalized spacial score (nSPS) is 11.6. The molecule has 7 heteroatoms. The fourth-order valence-corrected chi connectivity index (χ4v) is 3.49. The topological polar surface area (TPSA) is 58.8 Å². The van der Waals surface area contributed by atoms with Crippen LogP contribution in [0.1, 0.15) is 53.0 Å². The molecule has 0 radical (unpaired) electrons. The summed E-state index contributed by atoms with van der Waals surface area (Å²) in [6, 6.07) is 6.20. The van der Waals surface area contributed by atoms with Crippen molar-refractivity contribution in [1.29, 1.82) is 0 Å². The van der Waals surface area contributed by atoms with E-state index in [2.05, 4.69) is 44.7 Å². The van der Waals surface area contributed by atoms with Crippen LogP contribution < -0.4 is 4.90 Å². The first kappa shape index (κ1) is 24.9. The second kappa shape index (κ2) is 11.3. The number of nitrogens with zero attached hydrogens (tertiary/aromatic N) is 3. The van der Waals surface area contributed by atoms with Crippen molar-refractivity contribution in [3.8, 4) is 11.3 Å². The minimum absolute atomic E-state index is 0.0837. The van der Waals surface area contributed by atoms with Crippen molar-refractivity contribution in [3.63, 3.8) is 0 Å². The molecule has 0 saturated carbocycles. The Morgan fingerprint density at radius 1 is 1.16 bits per heavy atom. The van der Waals surface area contributed by atoms with Gasteiger partial charge in [-0.2, -0.15) is 0 Å². The van der Waals surface area contributed by atoms with Crippen molar-refractivity contribution in [3.05, 3.63) is 35.6 Å². The Hall–Kier alpha value is -2.41. The van der Waals surface area contributed by atoms with E-state index in [4.69, 9.17) is 9.26 Å². The van der Waals surface area contributed by atoms with Crippen molar-refractivity contribution in [2.24, 2.45) is 5.41 Å². The number of carbonyl (C=O) groups excluding carboxylic acids is 1. The van der Waals surface area contributed by atoms with Gasteiger partial charge in [-0.1, -0.05) is 25.9 Å². The lowest BCUT2D eigenvalue weighted by Crippen LogP contribution is -2.35. The van der Waals surface area contributed by atoms with Gasteiger partial charge in [-0.25, -0.2) is 4.39 Å². The highest BCUT2D eigenvalue weighted by Gasteiger charge is 2.27. The first-order chi connectivity index (χ1) is 14.7. The highest BCUT2D eigenvalue weighted by atomic mass is 19.1. The minimum Gasteiger partial charge on any atom is -0.385 e. The van der Waals surface area contributed by atoms with Crippen LogP contribution in [0.25, 0.3) is 11.3 Å². The minimum atomic E-state index is -0.306. The number of hydrogen-bond acceptors (Lipinski definition) is 5. The molecule has 1 heterocycles. The summed E-state index contributed by atoms with van der Waals surface area (Å²) < 4.78 is 24.4. The van der Waals surface area contributed by atoms with Gasteiger partial charge < -0.3 is 19.1 Å². The van der Waals surface area contributed by atoms with E-state index in [0.717, 1.165) is 30.6 Å². The Labute approximate surface area is 185 Å². The summed E-state index contributed by atoms with van der Waals surface area (Å²) in [6.07, 6.45) is 1.18. The van der Waals surface area contributed by atoms with Crippen LogP contribution in [-0.2, 0) is 16.1 Å². The monoisotopic (exact) mass is 433 g/mol. The summed E-state index contributed by atoms with van der Waals surface area (Å²) in [5.41, 5.74) is 2.13. The number of methoxy groups -OCH3 is 1. The van der Waals surface area contributed by atoms with Gasteiger partial charge >= 0.3 is 0 Å². The van der Waals surface area contributed by atoms with E-state index in [1.807, 2.05) is 4.90 Å². The maximum Gasteiger partial charge on any atom is 0.232 e. The van der Waals surface area contributed by atoms with Crippen LogP contribution >= 0.6 is 0 Å². The average Bonchev–Trinajstić information content (AvgIpc) is 3.11. The van der Waals surface area contributed by atoms with E-state index < -0.39 is 0 Å². The van der Waals surface area contributed by atoms with E-state index in [-0.39, 0.29) is 17.1 Å². The molecule has 2 aromatic rings. The van der Waals surface area contributed by atoms with Gasteiger partial charge in [0.15, 0.2) is 0 Å². The Morgan fingerprint density at radius 3 is 2.35 bits per heavy atom. The largest absolute Gasteiger partial charge is 0.385 e. The molecule has 1 aromatic carbocycles. The number of aromatic nitrogens is 1. The quantitative estimate of drug-likeness (QED) is 0.460. The Bertz CT molecular complexity index is 824. The van der Waals surface area contributed by atoms with Crippen LogP contribution in [0, 0.1) is 11.2 Å². The van der Waals surface area contributed by atoms with Gasteiger partial charge in [0.25, 0.3) is 0 Å². The number of rotatable bonds is 11. The number of carbonyl (C=O) groups is 1. The molecule has 0 aliphatic rings. The van der Waals surface area contributed by atoms with Crippen molar-refractivity contribution >= 4 is 11.8 Å². The van der Waals surface area contributed by atoms with Gasteiger partial charge in [0.05, 0.1) is 12.1 Å². The smallest absolute Gasteiger partial charge is 0.232 e. The van der Waals surface area contributed by atoms with Crippen LogP contribution in [0.5, 0.6) is 0 Å². The third-order valence-electron chi connectivity index (χ3n) is 5.10. The van der Waals surface area contributed by atoms with Crippen LogP contribution in [0.4, 0.5) is 10.3 Å². The molecule has 0 atom stereocenters. The van der Waals surface area contributed by atoms with Crippen molar-refractivity contribution in [2.75, 3.05) is 38.3 Å². The lowest BCUT2D eigenvalue weighted by atomic mass is 9.91. The molecular formula is C24H36FN3O3. The zero-order valence-electron chi connectivity index (χ0n) is 19.7. The fourth-order valence-electron chi connectivity index (χ4n) is 3.49. The summed E-state index contributed by atoms with van der Waals surface area (Å²) in [7, 11) is 1.66. The SMILES string of the molecule is CCN(CC)c1onc(-c2ccc(F)cc2)c1CN(CCCOC)C(=O)CC(C)(C)C. The van der Waals surface area contributed by atoms with E-state index in [9.17, 15) is 9.18 Å². The van der Waals surface area contributed by atoms with Gasteiger partial charge in [0, 0.05) is 45.3 Å². The van der Waals surface area contributed by atoms with E-state index in [1.165, 1.54) is 12.1 Å². The van der Waals surface area contributed by atoms with Crippen molar-refractivity contribution in [2.45, 2.75) is 54.0 Å². The second-order valence-corrected chi connectivity index (χ2v) is 8.89. The molecule has 31 heavy (non-hydrogen) atoms. The molecule has 2 rings (SSSR count). The third-order valence-corrected chi connectivity index (χ3v) is 5.10. The molecule has 1 aromatic heterocycles. The van der Waals surface area contributed by atoms with Crippen molar-refractivity contribution < 1.29 is 18.4 Å². The van der Waals surface area contributed by atoms with E-state index in [0.29, 0.717) is 37.7 Å². The summed E-state index contributed by atoms with van der Waals surface area (Å²) >= 11 is 0. The molecule has 1 amide bonds. The van der Waals surface area contributed by atoms with Crippen LogP contribution in [0.15, 0.2) is 28.8 Å². The molecule has 0 bridgehead atoms. The Morgan fingerprint density at radius 2 is 1.81 bits per heavy atom. The highest BCUT2D eigenvalue weighted by molar-refractivity contribution is 5.78. The summed E-state index contributed by atoms with van der Waals surface area (Å²) in [4.78, 5) is 17.1. The lowest BCUT2D eigenvalue weighted by molar-refractivity contribution is -0.133. The molecule has 172 valence electrons. The summed E-state index contributed by atoms with van der Waals surface area (Å²) in [5.74, 6) is 0.435. The molecule has 0 aliphatic carbocycles. The van der Waals surface area contributed by atoms with Gasteiger partial charge in [-0.15, -0.1) is 0 Å². The van der Waals surface area contributed by atoms with E-state index in [1.54, 1.807) is 19.2 Å². The Kier molecular flexibility index (Phi) is 9.04. The molecule has 6 nitrogen and oxygen atoms in total. The van der Waals surface area contributed by atoms with Crippen LogP contribution in [-0.4, -0.2) is 49.3 Å². The zero-order valence-corrected chi connectivity index (χ0v) is 19.7. The number of halogens is 1. The lowest BCUT2D eigenvalue weighted by Gasteiger charge is -2.28. The van der Waals surface area contributed by atoms with Crippen molar-refractivity contribution in [1.82, 2.24) is 10.1 Å². The van der Waals surface area contributed by atoms with Crippen LogP contribution in [0.2, 0.25) is 0 Å². The number of anilines is 1. The average molecular weight is 434 g/mol.